The van der Waals surface area contributed by atoms with Crippen molar-refractivity contribution in [1.29, 1.82) is 0 Å². The van der Waals surface area contributed by atoms with E-state index in [-0.39, 0.29) is 5.56 Å². The molecule has 1 heterocycles. The maximum atomic E-state index is 12.5. The Bertz CT molecular complexity index is 682. The first-order valence-electron chi connectivity index (χ1n) is 6.35. The molecule has 1 saturated carbocycles. The third-order valence-electron chi connectivity index (χ3n) is 3.44. The van der Waals surface area contributed by atoms with Gasteiger partial charge in [0.05, 0.1) is 5.56 Å². The van der Waals surface area contributed by atoms with Crippen LogP contribution >= 0.6 is 0 Å². The molecular formula is C15H12F3NO. The van der Waals surface area contributed by atoms with Crippen molar-refractivity contribution in [2.75, 3.05) is 0 Å². The minimum absolute atomic E-state index is 0.218. The number of nitrogens with one attached hydrogen (secondary N) is 1. The lowest BCUT2D eigenvalue weighted by atomic mass is 10.0. The zero-order valence-corrected chi connectivity index (χ0v) is 10.5. The van der Waals surface area contributed by atoms with Gasteiger partial charge in [-0.3, -0.25) is 4.79 Å². The van der Waals surface area contributed by atoms with E-state index in [2.05, 4.69) is 4.98 Å². The van der Waals surface area contributed by atoms with Crippen LogP contribution < -0.4 is 5.56 Å². The fourth-order valence-corrected chi connectivity index (χ4v) is 2.21. The summed E-state index contributed by atoms with van der Waals surface area (Å²) in [5.74, 6) is 0.422. The summed E-state index contributed by atoms with van der Waals surface area (Å²) in [4.78, 5) is 14.3. The van der Waals surface area contributed by atoms with E-state index in [9.17, 15) is 18.0 Å². The lowest BCUT2D eigenvalue weighted by Gasteiger charge is -2.08. The van der Waals surface area contributed by atoms with Crippen LogP contribution in [0.5, 0.6) is 0 Å². The molecular weight excluding hydrogens is 267 g/mol. The Labute approximate surface area is 113 Å². The van der Waals surface area contributed by atoms with Gasteiger partial charge in [0.1, 0.15) is 0 Å². The maximum Gasteiger partial charge on any atom is 0.416 e. The van der Waals surface area contributed by atoms with Crippen molar-refractivity contribution in [2.24, 2.45) is 0 Å². The van der Waals surface area contributed by atoms with E-state index >= 15 is 0 Å². The summed E-state index contributed by atoms with van der Waals surface area (Å²) in [6.07, 6.45) is -2.21. The maximum absolute atomic E-state index is 12.5. The molecule has 3 rings (SSSR count). The molecule has 1 N–H and O–H groups in total. The van der Waals surface area contributed by atoms with Gasteiger partial charge in [0, 0.05) is 11.8 Å². The third-order valence-corrected chi connectivity index (χ3v) is 3.44. The van der Waals surface area contributed by atoms with Crippen LogP contribution in [0.1, 0.15) is 29.9 Å². The Morgan fingerprint density at radius 1 is 1.05 bits per heavy atom. The number of hydrogen-bond acceptors (Lipinski definition) is 1. The molecule has 2 nitrogen and oxygen atoms in total. The fourth-order valence-electron chi connectivity index (χ4n) is 2.21. The number of benzene rings is 1. The summed E-state index contributed by atoms with van der Waals surface area (Å²) in [6.45, 7) is 0. The number of aromatic amines is 1. The van der Waals surface area contributed by atoms with Crippen LogP contribution in [-0.2, 0) is 6.18 Å². The van der Waals surface area contributed by atoms with Gasteiger partial charge in [-0.25, -0.2) is 0 Å². The summed E-state index contributed by atoms with van der Waals surface area (Å²) in [5.41, 5.74) is 1.20. The van der Waals surface area contributed by atoms with Gasteiger partial charge in [-0.1, -0.05) is 12.1 Å². The van der Waals surface area contributed by atoms with Crippen molar-refractivity contribution >= 4 is 0 Å². The fraction of sp³-hybridized carbons (Fsp3) is 0.267. The van der Waals surface area contributed by atoms with Crippen LogP contribution in [0.15, 0.2) is 41.2 Å². The van der Waals surface area contributed by atoms with Crippen LogP contribution in [0, 0.1) is 0 Å². The molecule has 1 fully saturated rings. The van der Waals surface area contributed by atoms with E-state index in [0.717, 1.165) is 30.5 Å². The molecule has 0 amide bonds. The van der Waals surface area contributed by atoms with Gasteiger partial charge in [0.2, 0.25) is 5.56 Å². The van der Waals surface area contributed by atoms with Crippen molar-refractivity contribution < 1.29 is 13.2 Å². The van der Waals surface area contributed by atoms with E-state index in [4.69, 9.17) is 0 Å². The predicted molar refractivity (Wildman–Crippen MR) is 69.5 cm³/mol. The number of alkyl halides is 3. The lowest BCUT2D eigenvalue weighted by molar-refractivity contribution is -0.137. The van der Waals surface area contributed by atoms with Crippen LogP contribution in [0.25, 0.3) is 11.3 Å². The van der Waals surface area contributed by atoms with Crippen LogP contribution in [0.3, 0.4) is 0 Å². The number of hydrogen-bond donors (Lipinski definition) is 1. The molecule has 5 heteroatoms. The molecule has 1 aromatic carbocycles. The van der Waals surface area contributed by atoms with Gasteiger partial charge in [-0.05, 0) is 48.1 Å². The summed E-state index contributed by atoms with van der Waals surface area (Å²) in [7, 11) is 0. The van der Waals surface area contributed by atoms with E-state index in [1.807, 2.05) is 6.07 Å². The molecule has 1 aliphatic carbocycles. The van der Waals surface area contributed by atoms with Crippen molar-refractivity contribution in [1.82, 2.24) is 4.98 Å². The standard InChI is InChI=1S/C15H12F3NO/c16-15(17,18)12-5-3-10(4-6-12)13-7-11(9-1-2-9)8-14(20)19-13/h3-9H,1-2H2,(H,19,20). The molecule has 1 aromatic heterocycles. The molecule has 104 valence electrons. The minimum atomic E-state index is -4.35. The topological polar surface area (TPSA) is 32.9 Å². The Morgan fingerprint density at radius 2 is 1.70 bits per heavy atom. The largest absolute Gasteiger partial charge is 0.416 e. The number of pyridine rings is 1. The molecule has 0 spiro atoms. The van der Waals surface area contributed by atoms with Gasteiger partial charge in [-0.15, -0.1) is 0 Å². The quantitative estimate of drug-likeness (QED) is 0.887. The zero-order valence-electron chi connectivity index (χ0n) is 10.5. The second kappa shape index (κ2) is 4.51. The second-order valence-corrected chi connectivity index (χ2v) is 5.04. The van der Waals surface area contributed by atoms with E-state index in [0.29, 0.717) is 17.2 Å². The highest BCUT2D eigenvalue weighted by Gasteiger charge is 2.30. The second-order valence-electron chi connectivity index (χ2n) is 5.04. The minimum Gasteiger partial charge on any atom is -0.322 e. The van der Waals surface area contributed by atoms with E-state index in [1.165, 1.54) is 12.1 Å². The van der Waals surface area contributed by atoms with E-state index in [1.54, 1.807) is 6.07 Å². The molecule has 20 heavy (non-hydrogen) atoms. The van der Waals surface area contributed by atoms with Crippen molar-refractivity contribution in [3.05, 3.63) is 57.9 Å². The van der Waals surface area contributed by atoms with E-state index < -0.39 is 11.7 Å². The first-order valence-corrected chi connectivity index (χ1v) is 6.35. The Balaban J connectivity index is 1.98. The SMILES string of the molecule is O=c1cc(C2CC2)cc(-c2ccc(C(F)(F)F)cc2)[nH]1. The Kier molecular flexibility index (Phi) is 2.92. The molecule has 0 saturated heterocycles. The van der Waals surface area contributed by atoms with Crippen LogP contribution in [-0.4, -0.2) is 4.98 Å². The Hall–Kier alpha value is -2.04. The smallest absolute Gasteiger partial charge is 0.322 e. The highest BCUT2D eigenvalue weighted by molar-refractivity contribution is 5.60. The van der Waals surface area contributed by atoms with Gasteiger partial charge < -0.3 is 4.98 Å². The van der Waals surface area contributed by atoms with Gasteiger partial charge in [0.15, 0.2) is 0 Å². The molecule has 2 aromatic rings. The van der Waals surface area contributed by atoms with Gasteiger partial charge >= 0.3 is 6.18 Å². The van der Waals surface area contributed by atoms with Gasteiger partial charge in [-0.2, -0.15) is 13.2 Å². The summed E-state index contributed by atoms with van der Waals surface area (Å²) in [5, 5.41) is 0. The summed E-state index contributed by atoms with van der Waals surface area (Å²) >= 11 is 0. The van der Waals surface area contributed by atoms with Gasteiger partial charge in [0.25, 0.3) is 0 Å². The zero-order chi connectivity index (χ0) is 14.3. The summed E-state index contributed by atoms with van der Waals surface area (Å²) in [6, 6.07) is 8.22. The summed E-state index contributed by atoms with van der Waals surface area (Å²) < 4.78 is 37.5. The molecule has 1 aliphatic rings. The molecule has 0 bridgehead atoms. The molecule has 0 aliphatic heterocycles. The highest BCUT2D eigenvalue weighted by Crippen LogP contribution is 2.40. The number of H-pyrrole nitrogens is 1. The normalized spacial score (nSPS) is 15.3. The molecule has 0 unspecified atom stereocenters. The Morgan fingerprint density at radius 3 is 2.25 bits per heavy atom. The number of halogens is 3. The predicted octanol–water partition coefficient (Wildman–Crippen LogP) is 3.94. The average Bonchev–Trinajstić information content (AvgIpc) is 3.21. The van der Waals surface area contributed by atoms with Crippen LogP contribution in [0.4, 0.5) is 13.2 Å². The third kappa shape index (κ3) is 2.61. The van der Waals surface area contributed by atoms with Crippen molar-refractivity contribution in [3.8, 4) is 11.3 Å². The van der Waals surface area contributed by atoms with Crippen molar-refractivity contribution in [3.63, 3.8) is 0 Å². The van der Waals surface area contributed by atoms with Crippen LogP contribution in [0.2, 0.25) is 0 Å². The monoisotopic (exact) mass is 279 g/mol. The molecule has 0 atom stereocenters. The lowest BCUT2D eigenvalue weighted by Crippen LogP contribution is -2.07. The number of rotatable bonds is 2. The number of aromatic nitrogens is 1. The average molecular weight is 279 g/mol. The highest BCUT2D eigenvalue weighted by atomic mass is 19.4. The molecule has 0 radical (unpaired) electrons. The first-order chi connectivity index (χ1) is 9.43. The van der Waals surface area contributed by atoms with Crippen molar-refractivity contribution in [2.45, 2.75) is 24.9 Å². The first kappa shape index (κ1) is 13.0.